The molecule has 10 heteroatoms. The summed E-state index contributed by atoms with van der Waals surface area (Å²) in [4.78, 5) is 12.0. The number of alkyl carbamates (subject to hydrolysis) is 1. The molecule has 1 unspecified atom stereocenters. The van der Waals surface area contributed by atoms with Gasteiger partial charge >= 0.3 is 6.09 Å². The van der Waals surface area contributed by atoms with E-state index in [4.69, 9.17) is 20.8 Å². The van der Waals surface area contributed by atoms with Gasteiger partial charge in [0, 0.05) is 18.5 Å². The Hall–Kier alpha value is -2.62. The van der Waals surface area contributed by atoms with Crippen molar-refractivity contribution in [3.63, 3.8) is 0 Å². The number of halogens is 2. The molecule has 3 aromatic rings. The molecule has 0 aliphatic carbocycles. The Balaban J connectivity index is 1.53. The van der Waals surface area contributed by atoms with E-state index in [2.05, 4.69) is 5.32 Å². The number of nitrogens with zero attached hydrogens (tertiary/aromatic N) is 1. The van der Waals surface area contributed by atoms with E-state index in [0.29, 0.717) is 16.4 Å². The molecule has 1 atom stereocenters. The van der Waals surface area contributed by atoms with Crippen molar-refractivity contribution in [2.75, 3.05) is 13.1 Å². The number of sulfonamides is 1. The molecule has 1 amide bonds. The van der Waals surface area contributed by atoms with E-state index in [0.717, 1.165) is 16.5 Å². The lowest BCUT2D eigenvalue weighted by molar-refractivity contribution is 0.0520. The normalized spacial score (nSPS) is 17.3. The molecule has 1 aliphatic rings. The van der Waals surface area contributed by atoms with Gasteiger partial charge in [0.1, 0.15) is 17.5 Å². The van der Waals surface area contributed by atoms with Crippen LogP contribution in [0.1, 0.15) is 33.0 Å². The summed E-state index contributed by atoms with van der Waals surface area (Å²) < 4.78 is 51.1. The smallest absolute Gasteiger partial charge is 0.408 e. The van der Waals surface area contributed by atoms with E-state index in [9.17, 15) is 17.6 Å². The van der Waals surface area contributed by atoms with Crippen molar-refractivity contribution in [2.45, 2.75) is 50.4 Å². The molecule has 1 N–H and O–H groups in total. The highest BCUT2D eigenvalue weighted by Crippen LogP contribution is 2.34. The molecule has 1 fully saturated rings. The number of hydrogen-bond donors (Lipinski definition) is 1. The highest BCUT2D eigenvalue weighted by molar-refractivity contribution is 7.89. The Labute approximate surface area is 202 Å². The maximum Gasteiger partial charge on any atom is 0.408 e. The van der Waals surface area contributed by atoms with Gasteiger partial charge in [0.15, 0.2) is 5.58 Å². The summed E-state index contributed by atoms with van der Waals surface area (Å²) in [6, 6.07) is 11.8. The van der Waals surface area contributed by atoms with E-state index < -0.39 is 27.9 Å². The van der Waals surface area contributed by atoms with Gasteiger partial charge in [-0.1, -0.05) is 23.7 Å². The van der Waals surface area contributed by atoms with Gasteiger partial charge in [0.25, 0.3) is 0 Å². The van der Waals surface area contributed by atoms with Crippen molar-refractivity contribution in [3.05, 3.63) is 53.2 Å². The lowest BCUT2D eigenvalue weighted by Crippen LogP contribution is -2.32. The Morgan fingerprint density at radius 1 is 1.21 bits per heavy atom. The molecule has 0 bridgehead atoms. The second-order valence-corrected chi connectivity index (χ2v) is 11.6. The third-order valence-corrected chi connectivity index (χ3v) is 7.51. The zero-order valence-corrected chi connectivity index (χ0v) is 20.7. The molecule has 1 saturated heterocycles. The summed E-state index contributed by atoms with van der Waals surface area (Å²) in [6.07, 6.45) is -1.46. The minimum absolute atomic E-state index is 0.109. The number of carbonyl (C=O) groups is 1. The van der Waals surface area contributed by atoms with Crippen LogP contribution < -0.4 is 5.32 Å². The van der Waals surface area contributed by atoms with Crippen molar-refractivity contribution in [1.29, 1.82) is 0 Å². The Morgan fingerprint density at radius 3 is 2.53 bits per heavy atom. The fourth-order valence-corrected chi connectivity index (χ4v) is 5.51. The third-order valence-electron chi connectivity index (χ3n) is 5.35. The highest BCUT2D eigenvalue weighted by atomic mass is 35.5. The van der Waals surface area contributed by atoms with Crippen LogP contribution in [0.4, 0.5) is 9.18 Å². The Bertz CT molecular complexity index is 1320. The van der Waals surface area contributed by atoms with Crippen LogP contribution >= 0.6 is 11.6 Å². The largest absolute Gasteiger partial charge is 0.458 e. The summed E-state index contributed by atoms with van der Waals surface area (Å²) >= 11 is 6.44. The van der Waals surface area contributed by atoms with Gasteiger partial charge in [-0.15, -0.1) is 0 Å². The number of hydrogen-bond acceptors (Lipinski definition) is 5. The molecule has 1 aromatic heterocycles. The van der Waals surface area contributed by atoms with Gasteiger partial charge in [-0.25, -0.2) is 17.6 Å². The van der Waals surface area contributed by atoms with Crippen molar-refractivity contribution < 1.29 is 26.8 Å². The average molecular weight is 509 g/mol. The summed E-state index contributed by atoms with van der Waals surface area (Å²) in [5.41, 5.74) is 1.43. The molecule has 0 radical (unpaired) electrons. The zero-order valence-electron chi connectivity index (χ0n) is 19.1. The van der Waals surface area contributed by atoms with Crippen LogP contribution in [-0.4, -0.2) is 43.7 Å². The second kappa shape index (κ2) is 9.20. The monoisotopic (exact) mass is 508 g/mol. The SMILES string of the molecule is CC(C)(C)OC(=O)NCc1cc2cc(-c3ccc(S(=O)(=O)N4CCC(F)C4)cc3)cc(Cl)c2o1. The molecule has 2 aromatic carbocycles. The van der Waals surface area contributed by atoms with Gasteiger partial charge in [-0.2, -0.15) is 4.31 Å². The van der Waals surface area contributed by atoms with Crippen molar-refractivity contribution in [3.8, 4) is 11.1 Å². The molecule has 2 heterocycles. The number of fused-ring (bicyclic) bond motifs is 1. The maximum absolute atomic E-state index is 13.5. The number of alkyl halides is 1. The number of amides is 1. The van der Waals surface area contributed by atoms with Gasteiger partial charge < -0.3 is 14.5 Å². The van der Waals surface area contributed by atoms with Gasteiger partial charge in [-0.3, -0.25) is 0 Å². The first-order valence-electron chi connectivity index (χ1n) is 10.9. The molecule has 0 saturated carbocycles. The fraction of sp³-hybridized carbons (Fsp3) is 0.375. The van der Waals surface area contributed by atoms with E-state index >= 15 is 0 Å². The highest BCUT2D eigenvalue weighted by Gasteiger charge is 2.32. The van der Waals surface area contributed by atoms with Crippen LogP contribution in [0.3, 0.4) is 0 Å². The first-order valence-corrected chi connectivity index (χ1v) is 12.7. The average Bonchev–Trinajstić information content (AvgIpc) is 3.38. The Morgan fingerprint density at radius 2 is 1.91 bits per heavy atom. The van der Waals surface area contributed by atoms with Crippen molar-refractivity contribution in [1.82, 2.24) is 9.62 Å². The van der Waals surface area contributed by atoms with Gasteiger partial charge in [0.2, 0.25) is 10.0 Å². The number of furan rings is 1. The van der Waals surface area contributed by atoms with Crippen molar-refractivity contribution in [2.24, 2.45) is 0 Å². The summed E-state index contributed by atoms with van der Waals surface area (Å²) in [5.74, 6) is 0.512. The molecular formula is C24H26ClFN2O5S. The van der Waals surface area contributed by atoms with Crippen LogP contribution in [-0.2, 0) is 21.3 Å². The lowest BCUT2D eigenvalue weighted by Gasteiger charge is -2.19. The van der Waals surface area contributed by atoms with Crippen LogP contribution in [0.5, 0.6) is 0 Å². The number of rotatable bonds is 5. The van der Waals surface area contributed by atoms with Crippen molar-refractivity contribution >= 4 is 38.7 Å². The molecule has 182 valence electrons. The van der Waals surface area contributed by atoms with Crippen LogP contribution in [0.2, 0.25) is 5.02 Å². The second-order valence-electron chi connectivity index (χ2n) is 9.22. The fourth-order valence-electron chi connectivity index (χ4n) is 3.77. The lowest BCUT2D eigenvalue weighted by atomic mass is 10.0. The number of nitrogens with one attached hydrogen (secondary N) is 1. The molecule has 7 nitrogen and oxygen atoms in total. The Kier molecular flexibility index (Phi) is 6.63. The number of carbonyl (C=O) groups excluding carboxylic acids is 1. The van der Waals surface area contributed by atoms with Gasteiger partial charge in [-0.05, 0) is 68.7 Å². The first-order chi connectivity index (χ1) is 15.9. The quantitative estimate of drug-likeness (QED) is 0.491. The predicted molar refractivity (Wildman–Crippen MR) is 128 cm³/mol. The topological polar surface area (TPSA) is 88.8 Å². The van der Waals surface area contributed by atoms with Crippen LogP contribution in [0, 0.1) is 0 Å². The minimum atomic E-state index is -3.73. The number of ether oxygens (including phenoxy) is 1. The number of benzene rings is 2. The summed E-state index contributed by atoms with van der Waals surface area (Å²) in [6.45, 7) is 5.55. The standard InChI is InChI=1S/C24H26ClFN2O5S/c1-24(2,3)33-23(29)27-13-19-11-17-10-16(12-21(25)22(17)32-19)15-4-6-20(7-5-15)34(30,31)28-9-8-18(26)14-28/h4-7,10-12,18H,8-9,13-14H2,1-3H3,(H,27,29). The molecule has 4 rings (SSSR count). The first kappa shape index (κ1) is 24.5. The predicted octanol–water partition coefficient (Wildman–Crippen LogP) is 5.51. The third kappa shape index (κ3) is 5.37. The maximum atomic E-state index is 13.5. The molecule has 34 heavy (non-hydrogen) atoms. The molecular weight excluding hydrogens is 483 g/mol. The molecule has 1 aliphatic heterocycles. The van der Waals surface area contributed by atoms with E-state index in [1.54, 1.807) is 45.0 Å². The zero-order chi connectivity index (χ0) is 24.7. The summed E-state index contributed by atoms with van der Waals surface area (Å²) in [5, 5.41) is 3.78. The summed E-state index contributed by atoms with van der Waals surface area (Å²) in [7, 11) is -3.73. The van der Waals surface area contributed by atoms with Gasteiger partial charge in [0.05, 0.1) is 16.5 Å². The van der Waals surface area contributed by atoms with E-state index in [1.165, 1.54) is 16.4 Å². The van der Waals surface area contributed by atoms with Crippen LogP contribution in [0.15, 0.2) is 51.8 Å². The van der Waals surface area contributed by atoms with E-state index in [1.807, 2.05) is 6.07 Å². The minimum Gasteiger partial charge on any atom is -0.458 e. The van der Waals surface area contributed by atoms with E-state index in [-0.39, 0.29) is 31.0 Å². The molecule has 0 spiro atoms. The van der Waals surface area contributed by atoms with Crippen LogP contribution in [0.25, 0.3) is 22.1 Å².